The van der Waals surface area contributed by atoms with Crippen molar-refractivity contribution in [1.29, 1.82) is 0 Å². The van der Waals surface area contributed by atoms with Crippen LogP contribution in [0.3, 0.4) is 0 Å². The van der Waals surface area contributed by atoms with Crippen LogP contribution in [0.25, 0.3) is 0 Å². The summed E-state index contributed by atoms with van der Waals surface area (Å²) in [6, 6.07) is 0. The van der Waals surface area contributed by atoms with Gasteiger partial charge in [0.1, 0.15) is 0 Å². The van der Waals surface area contributed by atoms with Crippen LogP contribution in [-0.2, 0) is 4.74 Å². The summed E-state index contributed by atoms with van der Waals surface area (Å²) in [7, 11) is 0. The van der Waals surface area contributed by atoms with Gasteiger partial charge >= 0.3 is 0 Å². The van der Waals surface area contributed by atoms with Crippen molar-refractivity contribution in [3.63, 3.8) is 0 Å². The molecule has 0 spiro atoms. The second kappa shape index (κ2) is 8.08. The fourth-order valence-corrected chi connectivity index (χ4v) is 2.25. The molecule has 1 rings (SSSR count). The SMILES string of the molecule is CCC(C)CCOC1CCCCCCC1O. The fraction of sp³-hybridized carbons (Fsp3) is 1.00. The molecule has 2 heteroatoms. The molecule has 96 valence electrons. The molecule has 3 atom stereocenters. The van der Waals surface area contributed by atoms with E-state index in [0.29, 0.717) is 0 Å². The molecule has 2 nitrogen and oxygen atoms in total. The summed E-state index contributed by atoms with van der Waals surface area (Å²) in [6.45, 7) is 5.30. The molecule has 0 heterocycles. The summed E-state index contributed by atoms with van der Waals surface area (Å²) in [4.78, 5) is 0. The van der Waals surface area contributed by atoms with E-state index in [2.05, 4.69) is 13.8 Å². The van der Waals surface area contributed by atoms with Crippen molar-refractivity contribution in [3.8, 4) is 0 Å². The Morgan fingerprint density at radius 3 is 2.56 bits per heavy atom. The van der Waals surface area contributed by atoms with E-state index < -0.39 is 0 Å². The summed E-state index contributed by atoms with van der Waals surface area (Å²) in [5.41, 5.74) is 0. The molecule has 0 aliphatic heterocycles. The highest BCUT2D eigenvalue weighted by Crippen LogP contribution is 2.20. The number of hydrogen-bond acceptors (Lipinski definition) is 2. The minimum atomic E-state index is -0.225. The number of ether oxygens (including phenoxy) is 1. The lowest BCUT2D eigenvalue weighted by molar-refractivity contribution is -0.0523. The molecule has 16 heavy (non-hydrogen) atoms. The van der Waals surface area contributed by atoms with Gasteiger partial charge in [0.05, 0.1) is 12.2 Å². The van der Waals surface area contributed by atoms with Crippen LogP contribution in [0.4, 0.5) is 0 Å². The Kier molecular flexibility index (Phi) is 7.06. The highest BCUT2D eigenvalue weighted by molar-refractivity contribution is 4.72. The summed E-state index contributed by atoms with van der Waals surface area (Å²) in [6.07, 6.45) is 9.14. The number of aliphatic hydroxyl groups excluding tert-OH is 1. The fourth-order valence-electron chi connectivity index (χ4n) is 2.25. The van der Waals surface area contributed by atoms with E-state index in [1.165, 1.54) is 25.7 Å². The van der Waals surface area contributed by atoms with Gasteiger partial charge in [0.15, 0.2) is 0 Å². The average Bonchev–Trinajstić information content (AvgIpc) is 2.27. The maximum absolute atomic E-state index is 9.97. The van der Waals surface area contributed by atoms with Crippen molar-refractivity contribution in [2.24, 2.45) is 5.92 Å². The Labute approximate surface area is 100 Å². The van der Waals surface area contributed by atoms with Crippen molar-refractivity contribution in [2.45, 2.75) is 77.4 Å². The highest BCUT2D eigenvalue weighted by atomic mass is 16.5. The van der Waals surface area contributed by atoms with Crippen LogP contribution >= 0.6 is 0 Å². The lowest BCUT2D eigenvalue weighted by Crippen LogP contribution is -2.30. The largest absolute Gasteiger partial charge is 0.390 e. The molecular formula is C14H28O2. The van der Waals surface area contributed by atoms with Crippen molar-refractivity contribution in [3.05, 3.63) is 0 Å². The topological polar surface area (TPSA) is 29.5 Å². The molecule has 3 unspecified atom stereocenters. The van der Waals surface area contributed by atoms with E-state index in [1.54, 1.807) is 0 Å². The Morgan fingerprint density at radius 2 is 1.88 bits per heavy atom. The first-order valence-electron chi connectivity index (χ1n) is 7.03. The van der Waals surface area contributed by atoms with Crippen molar-refractivity contribution >= 4 is 0 Å². The van der Waals surface area contributed by atoms with Crippen LogP contribution in [0.1, 0.15) is 65.2 Å². The normalized spacial score (nSPS) is 29.4. The maximum Gasteiger partial charge on any atom is 0.0833 e. The number of hydrogen-bond donors (Lipinski definition) is 1. The molecule has 0 aromatic rings. The molecule has 0 saturated heterocycles. The van der Waals surface area contributed by atoms with Gasteiger partial charge in [-0.2, -0.15) is 0 Å². The standard InChI is InChI=1S/C14H28O2/c1-3-12(2)10-11-16-14-9-7-5-4-6-8-13(14)15/h12-15H,3-11H2,1-2H3. The van der Waals surface area contributed by atoms with Crippen LogP contribution in [-0.4, -0.2) is 23.9 Å². The van der Waals surface area contributed by atoms with E-state index >= 15 is 0 Å². The Hall–Kier alpha value is -0.0800. The first-order chi connectivity index (χ1) is 7.74. The Morgan fingerprint density at radius 1 is 1.19 bits per heavy atom. The third-order valence-corrected chi connectivity index (χ3v) is 3.81. The summed E-state index contributed by atoms with van der Waals surface area (Å²) in [5.74, 6) is 0.741. The molecule has 0 bridgehead atoms. The molecular weight excluding hydrogens is 200 g/mol. The van der Waals surface area contributed by atoms with Gasteiger partial charge in [-0.3, -0.25) is 0 Å². The monoisotopic (exact) mass is 228 g/mol. The van der Waals surface area contributed by atoms with Gasteiger partial charge in [-0.15, -0.1) is 0 Å². The van der Waals surface area contributed by atoms with Crippen molar-refractivity contribution < 1.29 is 9.84 Å². The van der Waals surface area contributed by atoms with Gasteiger partial charge in [0.2, 0.25) is 0 Å². The van der Waals surface area contributed by atoms with E-state index in [1.807, 2.05) is 0 Å². The van der Waals surface area contributed by atoms with Gasteiger partial charge < -0.3 is 9.84 Å². The van der Waals surface area contributed by atoms with Crippen molar-refractivity contribution in [2.75, 3.05) is 6.61 Å². The summed E-state index contributed by atoms with van der Waals surface area (Å²) >= 11 is 0. The zero-order chi connectivity index (χ0) is 11.8. The molecule has 0 amide bonds. The average molecular weight is 228 g/mol. The molecule has 1 N–H and O–H groups in total. The van der Waals surface area contributed by atoms with E-state index in [4.69, 9.17) is 4.74 Å². The van der Waals surface area contributed by atoms with Crippen LogP contribution in [0.2, 0.25) is 0 Å². The molecule has 0 aromatic heterocycles. The molecule has 1 aliphatic rings. The quantitative estimate of drug-likeness (QED) is 0.780. The maximum atomic E-state index is 9.97. The molecule has 1 saturated carbocycles. The van der Waals surface area contributed by atoms with Crippen molar-refractivity contribution in [1.82, 2.24) is 0 Å². The van der Waals surface area contributed by atoms with E-state index in [9.17, 15) is 5.11 Å². The van der Waals surface area contributed by atoms with Crippen LogP contribution in [0, 0.1) is 5.92 Å². The van der Waals surface area contributed by atoms with Crippen LogP contribution in [0.15, 0.2) is 0 Å². The lowest BCUT2D eigenvalue weighted by atomic mass is 9.96. The van der Waals surface area contributed by atoms with Gasteiger partial charge in [0, 0.05) is 6.61 Å². The summed E-state index contributed by atoms with van der Waals surface area (Å²) in [5, 5.41) is 9.97. The second-order valence-electron chi connectivity index (χ2n) is 5.27. The Bertz CT molecular complexity index is 170. The number of rotatable bonds is 5. The highest BCUT2D eigenvalue weighted by Gasteiger charge is 2.21. The molecule has 1 fully saturated rings. The van der Waals surface area contributed by atoms with Gasteiger partial charge in [0.25, 0.3) is 0 Å². The van der Waals surface area contributed by atoms with Gasteiger partial charge in [-0.1, -0.05) is 46.0 Å². The minimum Gasteiger partial charge on any atom is -0.390 e. The third-order valence-electron chi connectivity index (χ3n) is 3.81. The van der Waals surface area contributed by atoms with Gasteiger partial charge in [-0.25, -0.2) is 0 Å². The van der Waals surface area contributed by atoms with E-state index in [-0.39, 0.29) is 12.2 Å². The zero-order valence-corrected chi connectivity index (χ0v) is 11.0. The van der Waals surface area contributed by atoms with Crippen LogP contribution in [0.5, 0.6) is 0 Å². The molecule has 0 aromatic carbocycles. The first kappa shape index (κ1) is 14.0. The molecule has 1 aliphatic carbocycles. The predicted molar refractivity (Wildman–Crippen MR) is 67.5 cm³/mol. The smallest absolute Gasteiger partial charge is 0.0833 e. The molecule has 0 radical (unpaired) electrons. The second-order valence-corrected chi connectivity index (χ2v) is 5.27. The predicted octanol–water partition coefficient (Wildman–Crippen LogP) is 3.52. The van der Waals surface area contributed by atoms with Gasteiger partial charge in [-0.05, 0) is 25.2 Å². The first-order valence-corrected chi connectivity index (χ1v) is 7.03. The van der Waals surface area contributed by atoms with Crippen LogP contribution < -0.4 is 0 Å². The van der Waals surface area contributed by atoms with E-state index in [0.717, 1.165) is 38.2 Å². The lowest BCUT2D eigenvalue weighted by Gasteiger charge is -2.26. The number of aliphatic hydroxyl groups is 1. The third kappa shape index (κ3) is 5.31. The summed E-state index contributed by atoms with van der Waals surface area (Å²) < 4.78 is 5.85. The Balaban J connectivity index is 2.21. The minimum absolute atomic E-state index is 0.101. The zero-order valence-electron chi connectivity index (χ0n) is 11.0.